The van der Waals surface area contributed by atoms with Crippen molar-refractivity contribution in [1.82, 2.24) is 10.3 Å². The largest absolute Gasteiger partial charge is 0.504 e. The molecule has 0 spiro atoms. The molecule has 1 amide bonds. The number of rotatable bonds is 6. The molecule has 0 radical (unpaired) electrons. The molecule has 7 nitrogen and oxygen atoms in total. The Morgan fingerprint density at radius 3 is 2.83 bits per heavy atom. The predicted octanol–water partition coefficient (Wildman–Crippen LogP) is 2.47. The molecule has 0 fully saturated rings. The molecule has 2 N–H and O–H groups in total. The zero-order chi connectivity index (χ0) is 21.1. The number of fused-ring (bicyclic) bond motifs is 2. The van der Waals surface area contributed by atoms with Gasteiger partial charge in [-0.1, -0.05) is 55.8 Å². The zero-order valence-electron chi connectivity index (χ0n) is 17.0. The lowest BCUT2D eigenvalue weighted by molar-refractivity contribution is -0.116. The third-order valence-corrected chi connectivity index (χ3v) is 5.95. The van der Waals surface area contributed by atoms with Crippen molar-refractivity contribution in [2.24, 2.45) is 10.1 Å². The van der Waals surface area contributed by atoms with Crippen LogP contribution in [0.3, 0.4) is 0 Å². The lowest BCUT2D eigenvalue weighted by Crippen LogP contribution is -2.50. The number of thioether (sulfide) groups is 1. The Morgan fingerprint density at radius 2 is 2.07 bits per heavy atom. The van der Waals surface area contributed by atoms with Gasteiger partial charge in [-0.2, -0.15) is 0 Å². The standard InChI is InChI=1S/C22H24N4O3S/c1-3-4-7-12-30-22-24-21(28)19-15-8-5-6-9-16(15)23-20(26(19)25-22)14-10-11-18(29-2)17(27)13-14/h5-6,8-11,13,20,27H,3-4,7,12H2,1-2H3,(H,24,25,28). The van der Waals surface area contributed by atoms with Gasteiger partial charge in [-0.3, -0.25) is 15.1 Å². The predicted molar refractivity (Wildman–Crippen MR) is 117 cm³/mol. The molecule has 1 unspecified atom stereocenters. The lowest BCUT2D eigenvalue weighted by Gasteiger charge is -2.34. The first kappa shape index (κ1) is 20.3. The molecule has 4 rings (SSSR count). The number of hydrazone groups is 1. The molecule has 0 saturated carbocycles. The van der Waals surface area contributed by atoms with Gasteiger partial charge in [0.25, 0.3) is 5.91 Å². The van der Waals surface area contributed by atoms with Gasteiger partial charge < -0.3 is 9.84 Å². The van der Waals surface area contributed by atoms with E-state index in [4.69, 9.17) is 14.8 Å². The number of aromatic hydroxyl groups is 1. The number of nitrogens with zero attached hydrogens (tertiary/aromatic N) is 3. The van der Waals surface area contributed by atoms with Crippen LogP contribution in [-0.4, -0.2) is 34.1 Å². The number of methoxy groups -OCH3 is 1. The van der Waals surface area contributed by atoms with Crippen molar-refractivity contribution >= 4 is 28.5 Å². The number of carbonyl (C=O) groups excluding carboxylic acids is 1. The van der Waals surface area contributed by atoms with Crippen LogP contribution in [-0.2, 0) is 4.79 Å². The van der Waals surface area contributed by atoms with E-state index < -0.39 is 6.17 Å². The van der Waals surface area contributed by atoms with Gasteiger partial charge in [-0.25, -0.2) is 5.01 Å². The SMILES string of the molecule is CCCCCSC1=NN2C(=c3ccccc3=NC2c2ccc(OC)c(O)c2)C(=O)N1. The van der Waals surface area contributed by atoms with E-state index in [2.05, 4.69) is 12.2 Å². The van der Waals surface area contributed by atoms with E-state index in [-0.39, 0.29) is 11.7 Å². The number of amides is 1. The summed E-state index contributed by atoms with van der Waals surface area (Å²) in [5.41, 5.74) is 1.17. The monoisotopic (exact) mass is 424 g/mol. The van der Waals surface area contributed by atoms with E-state index in [1.165, 1.54) is 18.9 Å². The van der Waals surface area contributed by atoms with E-state index in [1.807, 2.05) is 30.3 Å². The summed E-state index contributed by atoms with van der Waals surface area (Å²) >= 11 is 1.54. The number of hydrogen-bond donors (Lipinski definition) is 2. The number of phenolic OH excluding ortho intramolecular Hbond substituents is 1. The van der Waals surface area contributed by atoms with Crippen molar-refractivity contribution in [2.45, 2.75) is 32.4 Å². The Kier molecular flexibility index (Phi) is 5.94. The van der Waals surface area contributed by atoms with Gasteiger partial charge in [0.05, 0.1) is 12.5 Å². The van der Waals surface area contributed by atoms with Crippen molar-refractivity contribution in [3.8, 4) is 11.5 Å². The summed E-state index contributed by atoms with van der Waals surface area (Å²) < 4.78 is 5.15. The van der Waals surface area contributed by atoms with Gasteiger partial charge in [0.2, 0.25) is 0 Å². The van der Waals surface area contributed by atoms with Crippen molar-refractivity contribution in [1.29, 1.82) is 0 Å². The third kappa shape index (κ3) is 3.87. The van der Waals surface area contributed by atoms with Gasteiger partial charge in [0.15, 0.2) is 22.8 Å². The Hall–Kier alpha value is -3.00. The summed E-state index contributed by atoms with van der Waals surface area (Å²) in [6, 6.07) is 12.6. The summed E-state index contributed by atoms with van der Waals surface area (Å²) in [6.45, 7) is 2.16. The number of phenols is 1. The molecule has 2 heterocycles. The Bertz CT molecular complexity index is 1120. The number of carbonyl (C=O) groups is 1. The van der Waals surface area contributed by atoms with Crippen molar-refractivity contribution in [3.63, 3.8) is 0 Å². The maximum Gasteiger partial charge on any atom is 0.276 e. The van der Waals surface area contributed by atoms with Crippen LogP contribution in [0.25, 0.3) is 5.70 Å². The number of hydrogen-bond acceptors (Lipinski definition) is 7. The molecular weight excluding hydrogens is 400 g/mol. The Labute approximate surface area is 179 Å². The molecule has 0 bridgehead atoms. The third-order valence-electron chi connectivity index (χ3n) is 5.00. The summed E-state index contributed by atoms with van der Waals surface area (Å²) in [7, 11) is 1.50. The average Bonchev–Trinajstić information content (AvgIpc) is 2.76. The fraction of sp³-hybridized carbons (Fsp3) is 0.318. The van der Waals surface area contributed by atoms with Gasteiger partial charge >= 0.3 is 0 Å². The Morgan fingerprint density at radius 1 is 1.23 bits per heavy atom. The molecule has 2 aliphatic heterocycles. The van der Waals surface area contributed by atoms with E-state index in [0.717, 1.165) is 30.2 Å². The van der Waals surface area contributed by atoms with Crippen LogP contribution in [0, 0.1) is 0 Å². The summed E-state index contributed by atoms with van der Waals surface area (Å²) in [5.74, 6) is 1.09. The van der Waals surface area contributed by atoms with Crippen molar-refractivity contribution in [3.05, 3.63) is 58.6 Å². The van der Waals surface area contributed by atoms with Crippen LogP contribution in [0.5, 0.6) is 11.5 Å². The molecular formula is C22H24N4O3S. The molecule has 2 aromatic carbocycles. The minimum atomic E-state index is -0.566. The van der Waals surface area contributed by atoms with Crippen molar-refractivity contribution < 1.29 is 14.6 Å². The lowest BCUT2D eigenvalue weighted by atomic mass is 10.1. The fourth-order valence-corrected chi connectivity index (χ4v) is 4.35. The molecule has 0 aliphatic carbocycles. The molecule has 2 aromatic rings. The molecule has 0 saturated heterocycles. The van der Waals surface area contributed by atoms with Gasteiger partial charge in [0, 0.05) is 16.5 Å². The smallest absolute Gasteiger partial charge is 0.276 e. The highest BCUT2D eigenvalue weighted by atomic mass is 32.2. The maximum atomic E-state index is 13.0. The van der Waals surface area contributed by atoms with Crippen LogP contribution in [0.4, 0.5) is 0 Å². The number of ether oxygens (including phenoxy) is 1. The second kappa shape index (κ2) is 8.79. The van der Waals surface area contributed by atoms with Gasteiger partial charge in [0.1, 0.15) is 5.70 Å². The molecule has 8 heteroatoms. The first-order chi connectivity index (χ1) is 14.6. The van der Waals surface area contributed by atoms with E-state index in [0.29, 0.717) is 27.5 Å². The summed E-state index contributed by atoms with van der Waals surface area (Å²) in [5, 5.41) is 21.6. The molecule has 156 valence electrons. The molecule has 0 aromatic heterocycles. The molecule has 2 aliphatic rings. The van der Waals surface area contributed by atoms with Crippen LogP contribution in [0.1, 0.15) is 37.9 Å². The van der Waals surface area contributed by atoms with Crippen LogP contribution in [0.15, 0.2) is 52.6 Å². The normalized spacial score (nSPS) is 17.5. The second-order valence-corrected chi connectivity index (χ2v) is 8.14. The first-order valence-corrected chi connectivity index (χ1v) is 11.0. The van der Waals surface area contributed by atoms with E-state index in [1.54, 1.807) is 17.1 Å². The fourth-order valence-electron chi connectivity index (χ4n) is 3.50. The molecule has 30 heavy (non-hydrogen) atoms. The van der Waals surface area contributed by atoms with E-state index in [9.17, 15) is 9.90 Å². The average molecular weight is 425 g/mol. The summed E-state index contributed by atoms with van der Waals surface area (Å²) in [4.78, 5) is 17.9. The highest BCUT2D eigenvalue weighted by Gasteiger charge is 2.34. The number of para-hydroxylation sites is 1. The van der Waals surface area contributed by atoms with Crippen LogP contribution < -0.4 is 20.6 Å². The van der Waals surface area contributed by atoms with Crippen LogP contribution >= 0.6 is 11.8 Å². The number of nitrogens with one attached hydrogen (secondary N) is 1. The molecule has 1 atom stereocenters. The second-order valence-electron chi connectivity index (χ2n) is 7.06. The Balaban J connectivity index is 1.78. The van der Waals surface area contributed by atoms with E-state index >= 15 is 0 Å². The first-order valence-electron chi connectivity index (χ1n) is 9.98. The maximum absolute atomic E-state index is 13.0. The zero-order valence-corrected chi connectivity index (χ0v) is 17.8. The number of unbranched alkanes of at least 4 members (excludes halogenated alkanes) is 2. The topological polar surface area (TPSA) is 86.5 Å². The highest BCUT2D eigenvalue weighted by Crippen LogP contribution is 2.35. The van der Waals surface area contributed by atoms with Gasteiger partial charge in [-0.05, 0) is 24.6 Å². The van der Waals surface area contributed by atoms with Crippen molar-refractivity contribution in [2.75, 3.05) is 12.9 Å². The highest BCUT2D eigenvalue weighted by molar-refractivity contribution is 8.13. The minimum Gasteiger partial charge on any atom is -0.504 e. The number of amidine groups is 1. The quantitative estimate of drug-likeness (QED) is 0.696. The summed E-state index contributed by atoms with van der Waals surface area (Å²) in [6.07, 6.45) is 2.78. The number of benzene rings is 2. The van der Waals surface area contributed by atoms with Crippen LogP contribution in [0.2, 0.25) is 0 Å². The minimum absolute atomic E-state index is 0.0187. The van der Waals surface area contributed by atoms with Gasteiger partial charge in [-0.15, -0.1) is 5.10 Å².